The first-order valence-electron chi connectivity index (χ1n) is 9.41. The summed E-state index contributed by atoms with van der Waals surface area (Å²) in [4.78, 5) is 0. The number of ether oxygens (including phenoxy) is 1. The smallest absolute Gasteiger partial charge is 0.229 e. The molecule has 0 saturated heterocycles. The molecule has 0 bridgehead atoms. The SMILES string of the molecule is CC(NC[C@H](O)COc1ccc(NS(C)(=O)=O)cc1)c1cccc2ccccc12. The van der Waals surface area contributed by atoms with E-state index in [1.807, 2.05) is 18.2 Å². The van der Waals surface area contributed by atoms with E-state index >= 15 is 0 Å². The van der Waals surface area contributed by atoms with Gasteiger partial charge in [0.05, 0.1) is 6.26 Å². The number of benzene rings is 3. The number of aliphatic hydroxyl groups excluding tert-OH is 1. The van der Waals surface area contributed by atoms with Crippen LogP contribution in [0.2, 0.25) is 0 Å². The van der Waals surface area contributed by atoms with Crippen molar-refractivity contribution in [1.82, 2.24) is 5.32 Å². The summed E-state index contributed by atoms with van der Waals surface area (Å²) >= 11 is 0. The van der Waals surface area contributed by atoms with Crippen LogP contribution in [0.3, 0.4) is 0 Å². The second-order valence-electron chi connectivity index (χ2n) is 7.06. The molecule has 3 rings (SSSR count). The fourth-order valence-corrected chi connectivity index (χ4v) is 3.70. The lowest BCUT2D eigenvalue weighted by Crippen LogP contribution is -2.33. The molecule has 1 unspecified atom stereocenters. The summed E-state index contributed by atoms with van der Waals surface area (Å²) in [6.45, 7) is 2.59. The van der Waals surface area contributed by atoms with Gasteiger partial charge in [-0.1, -0.05) is 42.5 Å². The molecule has 0 heterocycles. The maximum absolute atomic E-state index is 11.2. The highest BCUT2D eigenvalue weighted by molar-refractivity contribution is 7.92. The van der Waals surface area contributed by atoms with Crippen molar-refractivity contribution in [2.45, 2.75) is 19.1 Å². The number of anilines is 1. The van der Waals surface area contributed by atoms with Crippen molar-refractivity contribution in [1.29, 1.82) is 0 Å². The molecule has 3 aromatic carbocycles. The lowest BCUT2D eigenvalue weighted by molar-refractivity contribution is 0.104. The minimum absolute atomic E-state index is 0.0806. The average molecular weight is 415 g/mol. The van der Waals surface area contributed by atoms with Gasteiger partial charge in [0.2, 0.25) is 10.0 Å². The molecular weight excluding hydrogens is 388 g/mol. The quantitative estimate of drug-likeness (QED) is 0.500. The molecule has 0 aromatic heterocycles. The second kappa shape index (κ2) is 9.26. The van der Waals surface area contributed by atoms with Crippen molar-refractivity contribution in [2.75, 3.05) is 24.1 Å². The minimum atomic E-state index is -3.31. The highest BCUT2D eigenvalue weighted by Crippen LogP contribution is 2.24. The van der Waals surface area contributed by atoms with Crippen molar-refractivity contribution >= 4 is 26.5 Å². The highest BCUT2D eigenvalue weighted by Gasteiger charge is 2.12. The van der Waals surface area contributed by atoms with E-state index in [0.717, 1.165) is 6.26 Å². The van der Waals surface area contributed by atoms with Gasteiger partial charge < -0.3 is 15.2 Å². The molecule has 3 aromatic rings. The first-order chi connectivity index (χ1) is 13.8. The molecule has 29 heavy (non-hydrogen) atoms. The summed E-state index contributed by atoms with van der Waals surface area (Å²) < 4.78 is 30.4. The van der Waals surface area contributed by atoms with Gasteiger partial charge in [0.1, 0.15) is 18.5 Å². The molecule has 2 atom stereocenters. The van der Waals surface area contributed by atoms with Crippen LogP contribution in [0, 0.1) is 0 Å². The van der Waals surface area contributed by atoms with E-state index in [1.54, 1.807) is 24.3 Å². The first kappa shape index (κ1) is 21.1. The Morgan fingerprint density at radius 1 is 1.00 bits per heavy atom. The Hall–Kier alpha value is -2.61. The van der Waals surface area contributed by atoms with Crippen LogP contribution in [-0.4, -0.2) is 39.0 Å². The number of hydrogen-bond donors (Lipinski definition) is 3. The van der Waals surface area contributed by atoms with E-state index in [2.05, 4.69) is 41.2 Å². The fourth-order valence-electron chi connectivity index (χ4n) is 3.14. The van der Waals surface area contributed by atoms with Crippen LogP contribution in [0.25, 0.3) is 10.8 Å². The van der Waals surface area contributed by atoms with E-state index in [4.69, 9.17) is 4.74 Å². The van der Waals surface area contributed by atoms with Gasteiger partial charge >= 0.3 is 0 Å². The fraction of sp³-hybridized carbons (Fsp3) is 0.273. The van der Waals surface area contributed by atoms with Crippen LogP contribution < -0.4 is 14.8 Å². The van der Waals surface area contributed by atoms with E-state index in [9.17, 15) is 13.5 Å². The predicted octanol–water partition coefficient (Wildman–Crippen LogP) is 3.30. The Balaban J connectivity index is 1.50. The van der Waals surface area contributed by atoms with Crippen molar-refractivity contribution in [3.05, 3.63) is 72.3 Å². The Bertz CT molecular complexity index is 1050. The standard InChI is InChI=1S/C22H26N2O4S/c1-16(21-9-5-7-17-6-3-4-8-22(17)21)23-14-19(25)15-28-20-12-10-18(11-13-20)24-29(2,26)27/h3-13,16,19,23-25H,14-15H2,1-2H3/t16?,19-/m0/s1. The van der Waals surface area contributed by atoms with Gasteiger partial charge in [0, 0.05) is 18.3 Å². The zero-order chi connectivity index (χ0) is 20.9. The van der Waals surface area contributed by atoms with Gasteiger partial charge in [-0.25, -0.2) is 8.42 Å². The highest BCUT2D eigenvalue weighted by atomic mass is 32.2. The Labute approximate surface area is 171 Å². The maximum Gasteiger partial charge on any atom is 0.229 e. The Kier molecular flexibility index (Phi) is 6.74. The van der Waals surface area contributed by atoms with Crippen LogP contribution in [-0.2, 0) is 10.0 Å². The molecule has 7 heteroatoms. The predicted molar refractivity (Wildman–Crippen MR) is 117 cm³/mol. The summed E-state index contributed by atoms with van der Waals surface area (Å²) in [5.41, 5.74) is 1.65. The first-order valence-corrected chi connectivity index (χ1v) is 11.3. The van der Waals surface area contributed by atoms with Gasteiger partial charge in [0.25, 0.3) is 0 Å². The molecule has 0 spiro atoms. The monoisotopic (exact) mass is 414 g/mol. The zero-order valence-electron chi connectivity index (χ0n) is 16.5. The molecular formula is C22H26N2O4S. The van der Waals surface area contributed by atoms with Crippen molar-refractivity contribution in [3.8, 4) is 5.75 Å². The van der Waals surface area contributed by atoms with Gasteiger partial charge in [0.15, 0.2) is 0 Å². The Morgan fingerprint density at radius 3 is 2.41 bits per heavy atom. The molecule has 0 radical (unpaired) electrons. The van der Waals surface area contributed by atoms with Gasteiger partial charge in [-0.3, -0.25) is 4.72 Å². The van der Waals surface area contributed by atoms with E-state index in [-0.39, 0.29) is 12.6 Å². The minimum Gasteiger partial charge on any atom is -0.491 e. The van der Waals surface area contributed by atoms with Gasteiger partial charge in [-0.2, -0.15) is 0 Å². The third-order valence-corrected chi connectivity index (χ3v) is 5.16. The summed E-state index contributed by atoms with van der Waals surface area (Å²) in [5, 5.41) is 16.0. The van der Waals surface area contributed by atoms with E-state index in [0.29, 0.717) is 18.0 Å². The molecule has 0 aliphatic heterocycles. The van der Waals surface area contributed by atoms with Crippen LogP contribution >= 0.6 is 0 Å². The lowest BCUT2D eigenvalue weighted by Gasteiger charge is -2.19. The third kappa shape index (κ3) is 6.19. The van der Waals surface area contributed by atoms with Crippen LogP contribution in [0.4, 0.5) is 5.69 Å². The number of aliphatic hydroxyl groups is 1. The number of fused-ring (bicyclic) bond motifs is 1. The average Bonchev–Trinajstić information content (AvgIpc) is 2.70. The molecule has 0 saturated carbocycles. The largest absolute Gasteiger partial charge is 0.491 e. The molecule has 0 aliphatic carbocycles. The number of sulfonamides is 1. The molecule has 3 N–H and O–H groups in total. The maximum atomic E-state index is 11.2. The molecule has 6 nitrogen and oxygen atoms in total. The topological polar surface area (TPSA) is 87.7 Å². The van der Waals surface area contributed by atoms with E-state index in [1.165, 1.54) is 16.3 Å². The van der Waals surface area contributed by atoms with Crippen LogP contribution in [0.5, 0.6) is 5.75 Å². The van der Waals surface area contributed by atoms with Crippen molar-refractivity contribution < 1.29 is 18.3 Å². The summed E-state index contributed by atoms with van der Waals surface area (Å²) in [6.07, 6.45) is 0.418. The molecule has 0 amide bonds. The summed E-state index contributed by atoms with van der Waals surface area (Å²) in [6, 6.07) is 21.1. The second-order valence-corrected chi connectivity index (χ2v) is 8.81. The van der Waals surface area contributed by atoms with Crippen molar-refractivity contribution in [2.24, 2.45) is 0 Å². The van der Waals surface area contributed by atoms with E-state index < -0.39 is 16.1 Å². The molecule has 0 aliphatic rings. The number of rotatable bonds is 9. The van der Waals surface area contributed by atoms with Crippen LogP contribution in [0.1, 0.15) is 18.5 Å². The molecule has 154 valence electrons. The van der Waals surface area contributed by atoms with Crippen molar-refractivity contribution in [3.63, 3.8) is 0 Å². The number of hydrogen-bond acceptors (Lipinski definition) is 5. The normalized spacial score (nSPS) is 13.8. The number of nitrogens with one attached hydrogen (secondary N) is 2. The Morgan fingerprint density at radius 2 is 1.69 bits per heavy atom. The zero-order valence-corrected chi connectivity index (χ0v) is 17.3. The lowest BCUT2D eigenvalue weighted by atomic mass is 9.99. The van der Waals surface area contributed by atoms with Crippen LogP contribution in [0.15, 0.2) is 66.7 Å². The molecule has 0 fully saturated rings. The van der Waals surface area contributed by atoms with Gasteiger partial charge in [-0.15, -0.1) is 0 Å². The van der Waals surface area contributed by atoms with Gasteiger partial charge in [-0.05, 0) is 47.5 Å². The summed E-state index contributed by atoms with van der Waals surface area (Å²) in [7, 11) is -3.31. The summed E-state index contributed by atoms with van der Waals surface area (Å²) in [5.74, 6) is 0.560. The third-order valence-electron chi connectivity index (χ3n) is 4.55.